The zero-order valence-electron chi connectivity index (χ0n) is 10.5. The van der Waals surface area contributed by atoms with E-state index in [4.69, 9.17) is 4.52 Å². The Labute approximate surface area is 122 Å². The molecule has 2 aromatic heterocycles. The number of nitrogens with zero attached hydrogens (tertiary/aromatic N) is 1. The van der Waals surface area contributed by atoms with Gasteiger partial charge in [0.1, 0.15) is 17.3 Å². The van der Waals surface area contributed by atoms with E-state index >= 15 is 0 Å². The van der Waals surface area contributed by atoms with Gasteiger partial charge in [-0.1, -0.05) is 11.2 Å². The Morgan fingerprint density at radius 1 is 1.19 bits per heavy atom. The summed E-state index contributed by atoms with van der Waals surface area (Å²) in [4.78, 5) is 12.8. The second-order valence-corrected chi connectivity index (χ2v) is 5.11. The Bertz CT molecular complexity index is 764. The Hall–Kier alpha value is -2.54. The average molecular weight is 306 g/mol. The second kappa shape index (κ2) is 5.45. The van der Waals surface area contributed by atoms with Gasteiger partial charge in [0.15, 0.2) is 0 Å². The molecule has 3 aromatic rings. The van der Waals surface area contributed by atoms with E-state index in [1.165, 1.54) is 11.3 Å². The number of halogens is 2. The van der Waals surface area contributed by atoms with E-state index in [1.54, 1.807) is 6.07 Å². The Morgan fingerprint density at radius 3 is 2.62 bits per heavy atom. The molecule has 2 heterocycles. The molecule has 0 atom stereocenters. The van der Waals surface area contributed by atoms with Gasteiger partial charge in [-0.15, -0.1) is 11.3 Å². The smallest absolute Gasteiger partial charge is 0.258 e. The largest absolute Gasteiger partial charge is 0.338 e. The average Bonchev–Trinajstić information content (AvgIpc) is 3.07. The summed E-state index contributed by atoms with van der Waals surface area (Å²) >= 11 is 1.47. The van der Waals surface area contributed by atoms with Gasteiger partial charge < -0.3 is 4.52 Å². The number of amides is 1. The van der Waals surface area contributed by atoms with Crippen molar-refractivity contribution in [1.82, 2.24) is 5.16 Å². The maximum absolute atomic E-state index is 13.1. The molecule has 0 unspecified atom stereocenters. The summed E-state index contributed by atoms with van der Waals surface area (Å²) in [6.07, 6.45) is 0. The van der Waals surface area contributed by atoms with Crippen LogP contribution in [-0.2, 0) is 0 Å². The molecule has 0 aliphatic carbocycles. The lowest BCUT2D eigenvalue weighted by atomic mass is 10.2. The highest BCUT2D eigenvalue weighted by Gasteiger charge is 2.13. The predicted octanol–water partition coefficient (Wildman–Crippen LogP) is 3.93. The van der Waals surface area contributed by atoms with Crippen molar-refractivity contribution in [3.8, 4) is 10.6 Å². The molecule has 4 nitrogen and oxygen atoms in total. The van der Waals surface area contributed by atoms with Crippen LogP contribution < -0.4 is 5.32 Å². The zero-order valence-corrected chi connectivity index (χ0v) is 11.3. The number of aromatic nitrogens is 1. The number of nitrogens with one attached hydrogen (secondary N) is 1. The van der Waals surface area contributed by atoms with E-state index < -0.39 is 17.5 Å². The quantitative estimate of drug-likeness (QED) is 0.797. The summed E-state index contributed by atoms with van der Waals surface area (Å²) in [5.41, 5.74) is 0.437. The van der Waals surface area contributed by atoms with Crippen molar-refractivity contribution < 1.29 is 18.1 Å². The molecular weight excluding hydrogens is 298 g/mol. The number of carbonyl (C=O) groups is 1. The second-order valence-electron chi connectivity index (χ2n) is 4.17. The predicted molar refractivity (Wildman–Crippen MR) is 74.1 cm³/mol. The first-order chi connectivity index (χ1) is 10.1. The van der Waals surface area contributed by atoms with Crippen molar-refractivity contribution in [2.24, 2.45) is 0 Å². The number of hydrogen-bond donors (Lipinski definition) is 1. The highest BCUT2D eigenvalue weighted by molar-refractivity contribution is 7.13. The summed E-state index contributed by atoms with van der Waals surface area (Å²) < 4.78 is 31.1. The normalized spacial score (nSPS) is 10.6. The molecule has 1 N–H and O–H groups in total. The number of benzene rings is 1. The molecule has 106 valence electrons. The van der Waals surface area contributed by atoms with Crippen molar-refractivity contribution in [1.29, 1.82) is 0 Å². The molecule has 3 rings (SSSR count). The lowest BCUT2D eigenvalue weighted by Crippen LogP contribution is -2.12. The summed E-state index contributed by atoms with van der Waals surface area (Å²) in [5.74, 6) is -2.22. The number of rotatable bonds is 3. The fourth-order valence-electron chi connectivity index (χ4n) is 1.74. The number of anilines is 1. The molecule has 1 amide bonds. The lowest BCUT2D eigenvalue weighted by molar-refractivity contribution is 0.102. The van der Waals surface area contributed by atoms with Crippen LogP contribution in [0.15, 0.2) is 46.3 Å². The molecule has 7 heteroatoms. The summed E-state index contributed by atoms with van der Waals surface area (Å²) in [5, 5.41) is 8.10. The molecule has 0 fully saturated rings. The Balaban J connectivity index is 1.79. The third-order valence-corrected chi connectivity index (χ3v) is 3.54. The van der Waals surface area contributed by atoms with Crippen LogP contribution in [0.5, 0.6) is 0 Å². The maximum Gasteiger partial charge on any atom is 0.258 e. The highest BCUT2D eigenvalue weighted by Crippen LogP contribution is 2.26. The zero-order chi connectivity index (χ0) is 14.8. The highest BCUT2D eigenvalue weighted by atomic mass is 32.1. The van der Waals surface area contributed by atoms with Crippen LogP contribution in [0.1, 0.15) is 10.4 Å². The minimum Gasteiger partial charge on any atom is -0.338 e. The van der Waals surface area contributed by atoms with Gasteiger partial charge in [-0.3, -0.25) is 10.1 Å². The van der Waals surface area contributed by atoms with E-state index in [9.17, 15) is 13.6 Å². The first-order valence-electron chi connectivity index (χ1n) is 5.90. The van der Waals surface area contributed by atoms with Crippen molar-refractivity contribution in [2.75, 3.05) is 5.32 Å². The number of thiophene rings is 1. The van der Waals surface area contributed by atoms with Gasteiger partial charge in [-0.2, -0.15) is 0 Å². The van der Waals surface area contributed by atoms with Gasteiger partial charge in [0.2, 0.25) is 5.88 Å². The molecular formula is C14H8F2N2O2S. The standard InChI is InChI=1S/C14H8F2N2O2S/c15-9-4-8(5-10(16)6-9)14(19)17-13-7-11(18-20-13)12-2-1-3-21-12/h1-7H,(H,17,19). The first kappa shape index (κ1) is 13.4. The van der Waals surface area contributed by atoms with Gasteiger partial charge in [0.25, 0.3) is 5.91 Å². The van der Waals surface area contributed by atoms with Crippen molar-refractivity contribution in [2.45, 2.75) is 0 Å². The molecule has 1 aromatic carbocycles. The Morgan fingerprint density at radius 2 is 1.95 bits per heavy atom. The molecule has 0 aliphatic heterocycles. The van der Waals surface area contributed by atoms with Crippen molar-refractivity contribution >= 4 is 23.1 Å². The fraction of sp³-hybridized carbons (Fsp3) is 0. The van der Waals surface area contributed by atoms with Gasteiger partial charge in [0.05, 0.1) is 4.88 Å². The number of carbonyl (C=O) groups excluding carboxylic acids is 1. The third-order valence-electron chi connectivity index (χ3n) is 2.65. The monoisotopic (exact) mass is 306 g/mol. The molecule has 21 heavy (non-hydrogen) atoms. The topological polar surface area (TPSA) is 55.1 Å². The molecule has 0 saturated carbocycles. The van der Waals surface area contributed by atoms with Crippen LogP contribution in [0.2, 0.25) is 0 Å². The molecule has 0 radical (unpaired) electrons. The molecule has 0 aliphatic rings. The minimum absolute atomic E-state index is 0.105. The van der Waals surface area contributed by atoms with E-state index in [-0.39, 0.29) is 11.4 Å². The van der Waals surface area contributed by atoms with Crippen molar-refractivity contribution in [3.63, 3.8) is 0 Å². The van der Waals surface area contributed by atoms with Gasteiger partial charge in [-0.05, 0) is 23.6 Å². The van der Waals surface area contributed by atoms with E-state index in [0.29, 0.717) is 11.8 Å². The summed E-state index contributed by atoms with van der Waals surface area (Å²) in [7, 11) is 0. The third kappa shape index (κ3) is 2.97. The van der Waals surface area contributed by atoms with Gasteiger partial charge >= 0.3 is 0 Å². The first-order valence-corrected chi connectivity index (χ1v) is 6.78. The Kier molecular flexibility index (Phi) is 3.49. The van der Waals surface area contributed by atoms with Crippen LogP contribution >= 0.6 is 11.3 Å². The summed E-state index contributed by atoms with van der Waals surface area (Å²) in [6, 6.07) is 7.84. The van der Waals surface area contributed by atoms with Crippen LogP contribution in [0, 0.1) is 11.6 Å². The van der Waals surface area contributed by atoms with E-state index in [2.05, 4.69) is 10.5 Å². The number of hydrogen-bond acceptors (Lipinski definition) is 4. The lowest BCUT2D eigenvalue weighted by Gasteiger charge is -2.01. The van der Waals surface area contributed by atoms with Crippen molar-refractivity contribution in [3.05, 3.63) is 59.0 Å². The van der Waals surface area contributed by atoms with Crippen LogP contribution in [0.3, 0.4) is 0 Å². The molecule has 0 saturated heterocycles. The van der Waals surface area contributed by atoms with Gasteiger partial charge in [0, 0.05) is 17.7 Å². The van der Waals surface area contributed by atoms with E-state index in [0.717, 1.165) is 17.0 Å². The molecule has 0 bridgehead atoms. The summed E-state index contributed by atoms with van der Waals surface area (Å²) in [6.45, 7) is 0. The van der Waals surface area contributed by atoms with Crippen LogP contribution in [0.4, 0.5) is 14.7 Å². The van der Waals surface area contributed by atoms with Gasteiger partial charge in [-0.25, -0.2) is 8.78 Å². The maximum atomic E-state index is 13.1. The van der Waals surface area contributed by atoms with E-state index in [1.807, 2.05) is 17.5 Å². The SMILES string of the molecule is O=C(Nc1cc(-c2cccs2)no1)c1cc(F)cc(F)c1. The van der Waals surface area contributed by atoms with Crippen LogP contribution in [0.25, 0.3) is 10.6 Å². The fourth-order valence-corrected chi connectivity index (χ4v) is 2.42. The van der Waals surface area contributed by atoms with Crippen LogP contribution in [-0.4, -0.2) is 11.1 Å². The minimum atomic E-state index is -0.822. The molecule has 0 spiro atoms.